The molecule has 3 aromatic rings. The third kappa shape index (κ3) is 3.94. The Bertz CT molecular complexity index is 1070. The van der Waals surface area contributed by atoms with E-state index < -0.39 is 5.97 Å². The maximum absolute atomic E-state index is 11.7. The van der Waals surface area contributed by atoms with Gasteiger partial charge in [0.15, 0.2) is 11.5 Å². The molecule has 2 unspecified atom stereocenters. The number of hydrogen-bond donors (Lipinski definition) is 1. The number of rotatable bonds is 6. The van der Waals surface area contributed by atoms with Crippen molar-refractivity contribution < 1.29 is 19.4 Å². The fourth-order valence-corrected chi connectivity index (χ4v) is 5.81. The zero-order chi connectivity index (χ0) is 21.3. The van der Waals surface area contributed by atoms with Crippen molar-refractivity contribution in [2.75, 3.05) is 27.3 Å². The Morgan fingerprint density at radius 1 is 1.20 bits per heavy atom. The molecule has 7 heteroatoms. The van der Waals surface area contributed by atoms with Crippen LogP contribution in [-0.4, -0.2) is 43.3 Å². The van der Waals surface area contributed by atoms with E-state index in [0.29, 0.717) is 18.0 Å². The monoisotopic (exact) mass is 489 g/mol. The molecule has 1 fully saturated rings. The number of halogens is 1. The van der Waals surface area contributed by atoms with E-state index in [2.05, 4.69) is 44.4 Å². The smallest absolute Gasteiger partial charge is 0.307 e. The van der Waals surface area contributed by atoms with E-state index in [0.717, 1.165) is 29.4 Å². The van der Waals surface area contributed by atoms with Crippen LogP contribution >= 0.6 is 27.3 Å². The van der Waals surface area contributed by atoms with Crippen molar-refractivity contribution in [1.29, 1.82) is 0 Å². The van der Waals surface area contributed by atoms with Gasteiger partial charge in [-0.2, -0.15) is 0 Å². The number of nitrogens with zero attached hydrogens (tertiary/aromatic N) is 1. The molecule has 5 nitrogen and oxygen atoms in total. The molecule has 0 saturated carbocycles. The minimum atomic E-state index is -0.722. The molecular formula is C23H24BrNO4S. The van der Waals surface area contributed by atoms with E-state index in [1.54, 1.807) is 25.6 Å². The predicted octanol–water partition coefficient (Wildman–Crippen LogP) is 5.57. The fourth-order valence-electron chi connectivity index (χ4n) is 4.29. The van der Waals surface area contributed by atoms with Gasteiger partial charge in [-0.05, 0) is 59.5 Å². The van der Waals surface area contributed by atoms with Gasteiger partial charge >= 0.3 is 5.97 Å². The Kier molecular flexibility index (Phi) is 6.32. The first-order chi connectivity index (χ1) is 14.5. The van der Waals surface area contributed by atoms with Crippen molar-refractivity contribution in [3.8, 4) is 11.5 Å². The van der Waals surface area contributed by atoms with E-state index in [1.165, 1.54) is 15.6 Å². The summed E-state index contributed by atoms with van der Waals surface area (Å²) in [5.74, 6) is 0.237. The van der Waals surface area contributed by atoms with Gasteiger partial charge in [0.1, 0.15) is 0 Å². The number of thiophene rings is 1. The lowest BCUT2D eigenvalue weighted by molar-refractivity contribution is -0.143. The predicted molar refractivity (Wildman–Crippen MR) is 123 cm³/mol. The van der Waals surface area contributed by atoms with Crippen LogP contribution in [0.1, 0.15) is 30.0 Å². The zero-order valence-corrected chi connectivity index (χ0v) is 19.3. The van der Waals surface area contributed by atoms with E-state index in [4.69, 9.17) is 9.47 Å². The van der Waals surface area contributed by atoms with Crippen molar-refractivity contribution in [2.24, 2.45) is 5.92 Å². The number of ether oxygens (including phenoxy) is 2. The molecule has 1 aliphatic rings. The van der Waals surface area contributed by atoms with E-state index in [-0.39, 0.29) is 12.0 Å². The second-order valence-corrected chi connectivity index (χ2v) is 9.26. The lowest BCUT2D eigenvalue weighted by Crippen LogP contribution is -2.41. The number of piperidine rings is 1. The highest BCUT2D eigenvalue weighted by Crippen LogP contribution is 2.44. The summed E-state index contributed by atoms with van der Waals surface area (Å²) in [7, 11) is 3.25. The highest BCUT2D eigenvalue weighted by atomic mass is 79.9. The second kappa shape index (κ2) is 8.96. The molecule has 0 bridgehead atoms. The first kappa shape index (κ1) is 21.2. The number of methoxy groups -OCH3 is 2. The molecule has 0 amide bonds. The van der Waals surface area contributed by atoms with Crippen LogP contribution in [0.15, 0.2) is 46.3 Å². The lowest BCUT2D eigenvalue weighted by Gasteiger charge is -2.38. The summed E-state index contributed by atoms with van der Waals surface area (Å²) < 4.78 is 13.2. The zero-order valence-electron chi connectivity index (χ0n) is 16.9. The van der Waals surface area contributed by atoms with Crippen molar-refractivity contribution in [3.05, 3.63) is 57.4 Å². The van der Waals surface area contributed by atoms with Gasteiger partial charge in [-0.15, -0.1) is 11.3 Å². The molecule has 2 aromatic carbocycles. The van der Waals surface area contributed by atoms with Crippen LogP contribution in [0.5, 0.6) is 11.5 Å². The Hall–Kier alpha value is -2.09. The molecule has 0 spiro atoms. The van der Waals surface area contributed by atoms with Crippen LogP contribution in [0, 0.1) is 5.92 Å². The molecule has 1 aromatic heterocycles. The standard InChI is InChI=1S/C23H24BrNO4S/c1-28-19-10-16(18(24)11-20(19)29-2)22(25-9-5-6-14(12-25)23(26)27)17-13-30-21-8-4-3-7-15(17)21/h3-4,7-8,10-11,13-14,22H,5-6,9,12H2,1-2H3,(H,26,27). The van der Waals surface area contributed by atoms with Crippen molar-refractivity contribution in [3.63, 3.8) is 0 Å². The van der Waals surface area contributed by atoms with E-state index in [9.17, 15) is 9.90 Å². The molecule has 2 atom stereocenters. The number of fused-ring (bicyclic) bond motifs is 1. The van der Waals surface area contributed by atoms with Gasteiger partial charge in [0, 0.05) is 15.7 Å². The molecule has 0 aliphatic carbocycles. The number of aliphatic carboxylic acids is 1. The number of carboxylic acids is 1. The van der Waals surface area contributed by atoms with Gasteiger partial charge in [-0.1, -0.05) is 34.1 Å². The number of carbonyl (C=O) groups is 1. The quantitative estimate of drug-likeness (QED) is 0.490. The Labute approximate surface area is 188 Å². The fraction of sp³-hybridized carbons (Fsp3) is 0.348. The molecule has 1 aliphatic heterocycles. The average molecular weight is 490 g/mol. The van der Waals surface area contributed by atoms with Crippen molar-refractivity contribution in [2.45, 2.75) is 18.9 Å². The van der Waals surface area contributed by atoms with Crippen molar-refractivity contribution >= 4 is 43.3 Å². The third-order valence-electron chi connectivity index (χ3n) is 5.77. The second-order valence-electron chi connectivity index (χ2n) is 7.49. The lowest BCUT2D eigenvalue weighted by atomic mass is 9.91. The number of likely N-dealkylation sites (tertiary alicyclic amines) is 1. The maximum atomic E-state index is 11.7. The highest BCUT2D eigenvalue weighted by molar-refractivity contribution is 9.10. The minimum Gasteiger partial charge on any atom is -0.493 e. The number of carboxylic acid groups (broad SMARTS) is 1. The molecule has 4 rings (SSSR count). The average Bonchev–Trinajstić information content (AvgIpc) is 3.19. The topological polar surface area (TPSA) is 59.0 Å². The third-order valence-corrected chi connectivity index (χ3v) is 7.44. The largest absolute Gasteiger partial charge is 0.493 e. The summed E-state index contributed by atoms with van der Waals surface area (Å²) in [4.78, 5) is 14.0. The normalized spacial score (nSPS) is 18.3. The van der Waals surface area contributed by atoms with Crippen LogP contribution in [0.3, 0.4) is 0 Å². The SMILES string of the molecule is COc1cc(Br)c(C(c2csc3ccccc23)N2CCCC(C(=O)O)C2)cc1OC. The minimum absolute atomic E-state index is 0.0857. The summed E-state index contributed by atoms with van der Waals surface area (Å²) in [5, 5.41) is 13.0. The molecule has 0 radical (unpaired) electrons. The van der Waals surface area contributed by atoms with Gasteiger partial charge in [0.25, 0.3) is 0 Å². The molecule has 2 heterocycles. The van der Waals surface area contributed by atoms with Gasteiger partial charge in [-0.25, -0.2) is 0 Å². The summed E-state index contributed by atoms with van der Waals surface area (Å²) in [5.41, 5.74) is 2.23. The summed E-state index contributed by atoms with van der Waals surface area (Å²) in [6.07, 6.45) is 1.58. The number of hydrogen-bond acceptors (Lipinski definition) is 5. The molecule has 1 N–H and O–H groups in total. The van der Waals surface area contributed by atoms with Crippen LogP contribution in [0.4, 0.5) is 0 Å². The van der Waals surface area contributed by atoms with Crippen molar-refractivity contribution in [1.82, 2.24) is 4.90 Å². The Morgan fingerprint density at radius 2 is 1.93 bits per heavy atom. The molecule has 158 valence electrons. The molecule has 30 heavy (non-hydrogen) atoms. The maximum Gasteiger partial charge on any atom is 0.307 e. The van der Waals surface area contributed by atoms with Crippen LogP contribution in [0.25, 0.3) is 10.1 Å². The summed E-state index contributed by atoms with van der Waals surface area (Å²) in [6.45, 7) is 1.37. The molecular weight excluding hydrogens is 466 g/mol. The van der Waals surface area contributed by atoms with Gasteiger partial charge < -0.3 is 14.6 Å². The first-order valence-corrected chi connectivity index (χ1v) is 11.5. The molecule has 1 saturated heterocycles. The van der Waals surface area contributed by atoms with Gasteiger partial charge in [0.05, 0.1) is 26.2 Å². The highest BCUT2D eigenvalue weighted by Gasteiger charge is 2.33. The van der Waals surface area contributed by atoms with Gasteiger partial charge in [0.2, 0.25) is 0 Å². The summed E-state index contributed by atoms with van der Waals surface area (Å²) in [6, 6.07) is 12.2. The Balaban J connectivity index is 1.87. The first-order valence-electron chi connectivity index (χ1n) is 9.88. The van der Waals surface area contributed by atoms with Crippen LogP contribution < -0.4 is 9.47 Å². The van der Waals surface area contributed by atoms with Crippen LogP contribution in [-0.2, 0) is 4.79 Å². The van der Waals surface area contributed by atoms with Gasteiger partial charge in [-0.3, -0.25) is 9.69 Å². The van der Waals surface area contributed by atoms with E-state index in [1.807, 2.05) is 18.2 Å². The number of benzene rings is 2. The summed E-state index contributed by atoms with van der Waals surface area (Å²) >= 11 is 5.45. The van der Waals surface area contributed by atoms with Crippen LogP contribution in [0.2, 0.25) is 0 Å². The van der Waals surface area contributed by atoms with E-state index >= 15 is 0 Å². The Morgan fingerprint density at radius 3 is 2.67 bits per heavy atom.